The largest absolute Gasteiger partial charge is 0.497 e. The normalized spacial score (nSPS) is 11.6. The van der Waals surface area contributed by atoms with E-state index in [0.717, 1.165) is 35.0 Å². The van der Waals surface area contributed by atoms with Gasteiger partial charge in [0.05, 0.1) is 18.4 Å². The summed E-state index contributed by atoms with van der Waals surface area (Å²) in [7, 11) is 4.14. The molecule has 0 spiro atoms. The molecule has 0 bridgehead atoms. The van der Waals surface area contributed by atoms with Gasteiger partial charge in [0.1, 0.15) is 28.8 Å². The van der Waals surface area contributed by atoms with Gasteiger partial charge >= 0.3 is 6.18 Å². The van der Waals surface area contributed by atoms with Gasteiger partial charge in [0.2, 0.25) is 0 Å². The maximum atomic E-state index is 14.6. The van der Waals surface area contributed by atoms with Crippen molar-refractivity contribution in [3.63, 3.8) is 0 Å². The molecule has 0 saturated heterocycles. The summed E-state index contributed by atoms with van der Waals surface area (Å²) in [6, 6.07) is 4.59. The molecule has 2 N–H and O–H groups in total. The molecule has 0 amide bonds. The SMILES string of the molecule is CNCCNc1ccc(C(F)(F)F)c(-n2c(=O)cc(-c3c(F)cc(OC)cc3F)n2C)n1. The molecule has 0 aliphatic heterocycles. The number of nitrogens with one attached hydrogen (secondary N) is 2. The van der Waals surface area contributed by atoms with Crippen LogP contribution in [0.1, 0.15) is 5.56 Å². The van der Waals surface area contributed by atoms with Crippen LogP contribution in [0.2, 0.25) is 0 Å². The summed E-state index contributed by atoms with van der Waals surface area (Å²) < 4.78 is 76.4. The van der Waals surface area contributed by atoms with Crippen LogP contribution in [0.3, 0.4) is 0 Å². The average Bonchev–Trinajstić information content (AvgIpc) is 3.00. The topological polar surface area (TPSA) is 73.1 Å². The summed E-state index contributed by atoms with van der Waals surface area (Å²) in [4.78, 5) is 16.6. The van der Waals surface area contributed by atoms with Crippen molar-refractivity contribution in [3.05, 3.63) is 57.9 Å². The quantitative estimate of drug-likeness (QED) is 0.421. The van der Waals surface area contributed by atoms with Crippen LogP contribution in [0.25, 0.3) is 17.1 Å². The Hall–Kier alpha value is -3.41. The van der Waals surface area contributed by atoms with Crippen LogP contribution in [0.4, 0.5) is 27.8 Å². The van der Waals surface area contributed by atoms with Crippen molar-refractivity contribution >= 4 is 5.82 Å². The van der Waals surface area contributed by atoms with Gasteiger partial charge < -0.3 is 15.4 Å². The van der Waals surface area contributed by atoms with Gasteiger partial charge in [-0.2, -0.15) is 17.9 Å². The maximum Gasteiger partial charge on any atom is 0.420 e. The van der Waals surface area contributed by atoms with E-state index in [1.807, 2.05) is 0 Å². The fourth-order valence-corrected chi connectivity index (χ4v) is 3.17. The molecule has 0 aliphatic rings. The summed E-state index contributed by atoms with van der Waals surface area (Å²) in [5.74, 6) is -2.79. The molecule has 2 aromatic heterocycles. The Bertz CT molecular complexity index is 1160. The number of ether oxygens (including phenoxy) is 1. The Balaban J connectivity index is 2.20. The van der Waals surface area contributed by atoms with E-state index in [0.29, 0.717) is 17.8 Å². The first kappa shape index (κ1) is 23.3. The van der Waals surface area contributed by atoms with Crippen molar-refractivity contribution in [2.24, 2.45) is 7.05 Å². The molecule has 12 heteroatoms. The molecule has 0 radical (unpaired) electrons. The lowest BCUT2D eigenvalue weighted by Gasteiger charge is -2.17. The highest BCUT2D eigenvalue weighted by molar-refractivity contribution is 5.63. The van der Waals surface area contributed by atoms with Crippen LogP contribution < -0.4 is 20.9 Å². The van der Waals surface area contributed by atoms with Gasteiger partial charge in [-0.15, -0.1) is 0 Å². The van der Waals surface area contributed by atoms with Crippen molar-refractivity contribution in [2.75, 3.05) is 32.6 Å². The summed E-state index contributed by atoms with van der Waals surface area (Å²) in [6.45, 7) is 0.881. The number of aromatic nitrogens is 3. The zero-order valence-electron chi connectivity index (χ0n) is 17.3. The van der Waals surface area contributed by atoms with Gasteiger partial charge in [0.15, 0.2) is 5.82 Å². The van der Waals surface area contributed by atoms with Crippen molar-refractivity contribution < 1.29 is 26.7 Å². The highest BCUT2D eigenvalue weighted by atomic mass is 19.4. The van der Waals surface area contributed by atoms with Crippen molar-refractivity contribution in [1.82, 2.24) is 19.7 Å². The smallest absolute Gasteiger partial charge is 0.420 e. The van der Waals surface area contributed by atoms with E-state index in [2.05, 4.69) is 15.6 Å². The lowest BCUT2D eigenvalue weighted by molar-refractivity contribution is -0.137. The van der Waals surface area contributed by atoms with Gasteiger partial charge in [0, 0.05) is 38.3 Å². The number of likely N-dealkylation sites (N-methyl/N-ethyl adjacent to an activating group) is 1. The number of pyridine rings is 1. The van der Waals surface area contributed by atoms with E-state index in [4.69, 9.17) is 4.74 Å². The number of methoxy groups -OCH3 is 1. The Kier molecular flexibility index (Phi) is 6.53. The minimum absolute atomic E-state index is 0.0884. The van der Waals surface area contributed by atoms with Crippen LogP contribution in [-0.4, -0.2) is 41.6 Å². The minimum atomic E-state index is -4.83. The Morgan fingerprint density at radius 3 is 2.31 bits per heavy atom. The van der Waals surface area contributed by atoms with Gasteiger partial charge in [0.25, 0.3) is 5.56 Å². The van der Waals surface area contributed by atoms with Crippen molar-refractivity contribution in [2.45, 2.75) is 6.18 Å². The average molecular weight is 457 g/mol. The number of hydrogen-bond donors (Lipinski definition) is 2. The molecule has 0 unspecified atom stereocenters. The molecule has 0 saturated carbocycles. The second kappa shape index (κ2) is 8.99. The van der Waals surface area contributed by atoms with Crippen LogP contribution in [-0.2, 0) is 13.2 Å². The molecule has 0 aliphatic carbocycles. The second-order valence-corrected chi connectivity index (χ2v) is 6.77. The molecule has 172 valence electrons. The van der Waals surface area contributed by atoms with E-state index in [1.54, 1.807) is 7.05 Å². The minimum Gasteiger partial charge on any atom is -0.497 e. The predicted molar refractivity (Wildman–Crippen MR) is 108 cm³/mol. The van der Waals surface area contributed by atoms with E-state index in [1.165, 1.54) is 14.2 Å². The van der Waals surface area contributed by atoms with E-state index in [-0.39, 0.29) is 17.3 Å². The number of alkyl halides is 3. The summed E-state index contributed by atoms with van der Waals surface area (Å²) in [5, 5.41) is 5.71. The molecule has 0 atom stereocenters. The summed E-state index contributed by atoms with van der Waals surface area (Å²) in [5.41, 5.74) is -2.97. The zero-order chi connectivity index (χ0) is 23.6. The zero-order valence-corrected chi connectivity index (χ0v) is 17.3. The fraction of sp³-hybridized carbons (Fsp3) is 0.300. The molecular formula is C20H20F5N5O2. The molecule has 3 rings (SSSR count). The molecule has 2 heterocycles. The summed E-state index contributed by atoms with van der Waals surface area (Å²) in [6.07, 6.45) is -4.83. The number of hydrogen-bond acceptors (Lipinski definition) is 5. The molecule has 32 heavy (non-hydrogen) atoms. The molecule has 3 aromatic rings. The molecule has 1 aromatic carbocycles. The van der Waals surface area contributed by atoms with Crippen LogP contribution in [0.15, 0.2) is 35.1 Å². The second-order valence-electron chi connectivity index (χ2n) is 6.77. The summed E-state index contributed by atoms with van der Waals surface area (Å²) >= 11 is 0. The van der Waals surface area contributed by atoms with Crippen LogP contribution in [0, 0.1) is 11.6 Å². The number of rotatable bonds is 7. The maximum absolute atomic E-state index is 14.6. The first-order chi connectivity index (χ1) is 15.1. The predicted octanol–water partition coefficient (Wildman–Crippen LogP) is 3.17. The van der Waals surface area contributed by atoms with Gasteiger partial charge in [-0.25, -0.2) is 13.8 Å². The van der Waals surface area contributed by atoms with Gasteiger partial charge in [-0.1, -0.05) is 0 Å². The van der Waals surface area contributed by atoms with E-state index < -0.39 is 40.3 Å². The monoisotopic (exact) mass is 457 g/mol. The van der Waals surface area contributed by atoms with E-state index in [9.17, 15) is 26.7 Å². The Labute approximate surface area is 179 Å². The highest BCUT2D eigenvalue weighted by Gasteiger charge is 2.36. The van der Waals surface area contributed by atoms with Crippen molar-refractivity contribution in [1.29, 1.82) is 0 Å². The van der Waals surface area contributed by atoms with Gasteiger partial charge in [-0.3, -0.25) is 9.48 Å². The molecular weight excluding hydrogens is 437 g/mol. The van der Waals surface area contributed by atoms with Crippen LogP contribution in [0.5, 0.6) is 5.75 Å². The van der Waals surface area contributed by atoms with Gasteiger partial charge in [-0.05, 0) is 19.2 Å². The van der Waals surface area contributed by atoms with Crippen LogP contribution >= 0.6 is 0 Å². The lowest BCUT2D eigenvalue weighted by atomic mass is 10.1. The van der Waals surface area contributed by atoms with Crippen molar-refractivity contribution in [3.8, 4) is 22.8 Å². The van der Waals surface area contributed by atoms with E-state index >= 15 is 0 Å². The fourth-order valence-electron chi connectivity index (χ4n) is 3.17. The Morgan fingerprint density at radius 1 is 1.09 bits per heavy atom. The third kappa shape index (κ3) is 4.44. The Morgan fingerprint density at radius 2 is 1.75 bits per heavy atom. The molecule has 7 nitrogen and oxygen atoms in total. The number of halogens is 5. The standard InChI is InChI=1S/C20H20F5N5O2/c1-26-6-7-27-16-5-4-12(20(23,24)25)19(28-16)30-17(31)10-15(29(30)2)18-13(21)8-11(32-3)9-14(18)22/h4-5,8-10,26H,6-7H2,1-3H3,(H,27,28). The first-order valence-corrected chi connectivity index (χ1v) is 9.38. The molecule has 0 fully saturated rings. The first-order valence-electron chi connectivity index (χ1n) is 9.38. The highest BCUT2D eigenvalue weighted by Crippen LogP contribution is 2.34. The number of nitrogens with zero attached hydrogens (tertiary/aromatic N) is 3. The third-order valence-corrected chi connectivity index (χ3v) is 4.69. The number of benzene rings is 1. The third-order valence-electron chi connectivity index (χ3n) is 4.69. The number of anilines is 1. The lowest BCUT2D eigenvalue weighted by Crippen LogP contribution is -2.25.